The molecule has 1 unspecified atom stereocenters. The van der Waals surface area contributed by atoms with Crippen molar-refractivity contribution in [3.63, 3.8) is 0 Å². The van der Waals surface area contributed by atoms with Crippen LogP contribution in [-0.2, 0) is 16.0 Å². The number of carbonyl (C=O) groups excluding carboxylic acids is 1. The number of nitriles is 1. The van der Waals surface area contributed by atoms with Crippen LogP contribution in [0, 0.1) is 11.5 Å². The van der Waals surface area contributed by atoms with Gasteiger partial charge in [-0.1, -0.05) is 24.3 Å². The first kappa shape index (κ1) is 8.76. The van der Waals surface area contributed by atoms with E-state index in [1.54, 1.807) is 0 Å². The topological polar surface area (TPSA) is 50.1 Å². The smallest absolute Gasteiger partial charge is 0.329 e. The Morgan fingerprint density at radius 2 is 2.29 bits per heavy atom. The molecular formula is C11H9NO2. The lowest BCUT2D eigenvalue weighted by molar-refractivity contribution is -0.138. The van der Waals surface area contributed by atoms with Gasteiger partial charge in [0.05, 0.1) is 5.92 Å². The van der Waals surface area contributed by atoms with E-state index in [0.717, 1.165) is 18.4 Å². The first-order valence-electron chi connectivity index (χ1n) is 4.50. The molecule has 1 aliphatic rings. The van der Waals surface area contributed by atoms with Crippen molar-refractivity contribution in [2.24, 2.45) is 0 Å². The number of rotatable bonds is 1. The summed E-state index contributed by atoms with van der Waals surface area (Å²) in [5.74, 6) is -0.678. The average molecular weight is 187 g/mol. The van der Waals surface area contributed by atoms with Crippen molar-refractivity contribution in [3.05, 3.63) is 35.4 Å². The molecule has 0 radical (unpaired) electrons. The monoisotopic (exact) mass is 187 g/mol. The summed E-state index contributed by atoms with van der Waals surface area (Å²) in [6.45, 7) is 0. The van der Waals surface area contributed by atoms with Crippen LogP contribution < -0.4 is 0 Å². The van der Waals surface area contributed by atoms with E-state index in [9.17, 15) is 4.79 Å². The summed E-state index contributed by atoms with van der Waals surface area (Å²) < 4.78 is 4.35. The minimum absolute atomic E-state index is 0.245. The zero-order valence-electron chi connectivity index (χ0n) is 7.56. The van der Waals surface area contributed by atoms with Crippen LogP contribution in [0.1, 0.15) is 23.5 Å². The maximum absolute atomic E-state index is 11.4. The third kappa shape index (κ3) is 1.35. The Morgan fingerprint density at radius 1 is 1.50 bits per heavy atom. The van der Waals surface area contributed by atoms with Crippen LogP contribution in [0.4, 0.5) is 0 Å². The van der Waals surface area contributed by atoms with E-state index in [-0.39, 0.29) is 5.92 Å². The predicted molar refractivity (Wildman–Crippen MR) is 49.2 cm³/mol. The van der Waals surface area contributed by atoms with Gasteiger partial charge < -0.3 is 4.74 Å². The van der Waals surface area contributed by atoms with E-state index >= 15 is 0 Å². The fourth-order valence-electron chi connectivity index (χ4n) is 1.92. The van der Waals surface area contributed by atoms with Gasteiger partial charge >= 0.3 is 5.97 Å². The summed E-state index contributed by atoms with van der Waals surface area (Å²) in [7, 11) is 0. The Bertz CT molecular complexity index is 406. The Balaban J connectivity index is 2.27. The molecule has 2 rings (SSSR count). The number of ether oxygens (including phenoxy) is 1. The van der Waals surface area contributed by atoms with E-state index < -0.39 is 5.97 Å². The number of esters is 1. The molecule has 0 amide bonds. The molecule has 0 heterocycles. The van der Waals surface area contributed by atoms with Gasteiger partial charge in [0.1, 0.15) is 0 Å². The molecule has 3 nitrogen and oxygen atoms in total. The summed E-state index contributed by atoms with van der Waals surface area (Å²) in [4.78, 5) is 11.4. The van der Waals surface area contributed by atoms with Crippen molar-refractivity contribution in [1.82, 2.24) is 0 Å². The van der Waals surface area contributed by atoms with Crippen molar-refractivity contribution < 1.29 is 9.53 Å². The molecule has 0 aliphatic heterocycles. The van der Waals surface area contributed by atoms with Gasteiger partial charge in [0.15, 0.2) is 0 Å². The average Bonchev–Trinajstić information content (AvgIpc) is 2.61. The fraction of sp³-hybridized carbons (Fsp3) is 0.273. The van der Waals surface area contributed by atoms with Crippen LogP contribution in [0.5, 0.6) is 0 Å². The van der Waals surface area contributed by atoms with Gasteiger partial charge in [-0.3, -0.25) is 4.79 Å². The van der Waals surface area contributed by atoms with Crippen LogP contribution in [0.2, 0.25) is 0 Å². The number of fused-ring (bicyclic) bond motifs is 1. The minimum atomic E-state index is -0.433. The van der Waals surface area contributed by atoms with E-state index in [1.807, 2.05) is 24.3 Å². The Hall–Kier alpha value is -1.82. The van der Waals surface area contributed by atoms with Crippen LogP contribution in [0.25, 0.3) is 0 Å². The molecule has 1 aromatic rings. The fourth-order valence-corrected chi connectivity index (χ4v) is 1.92. The van der Waals surface area contributed by atoms with Gasteiger partial charge in [-0.25, -0.2) is 0 Å². The van der Waals surface area contributed by atoms with E-state index in [1.165, 1.54) is 11.8 Å². The summed E-state index contributed by atoms with van der Waals surface area (Å²) >= 11 is 0. The van der Waals surface area contributed by atoms with Crippen LogP contribution in [0.15, 0.2) is 24.3 Å². The minimum Gasteiger partial charge on any atom is -0.350 e. The second-order valence-electron chi connectivity index (χ2n) is 3.30. The first-order valence-corrected chi connectivity index (χ1v) is 4.50. The maximum Gasteiger partial charge on any atom is 0.329 e. The predicted octanol–water partition coefficient (Wildman–Crippen LogP) is 1.74. The van der Waals surface area contributed by atoms with Crippen molar-refractivity contribution in [2.75, 3.05) is 0 Å². The standard InChI is InChI=1S/C11H9NO2/c12-7-14-11(13)10-6-5-8-3-1-2-4-9(8)10/h1-4,10H,5-6H2. The number of benzene rings is 1. The highest BCUT2D eigenvalue weighted by atomic mass is 16.5. The highest BCUT2D eigenvalue weighted by molar-refractivity contribution is 5.80. The lowest BCUT2D eigenvalue weighted by atomic mass is 10.0. The lowest BCUT2D eigenvalue weighted by Gasteiger charge is -2.05. The van der Waals surface area contributed by atoms with E-state index in [4.69, 9.17) is 5.26 Å². The molecule has 0 spiro atoms. The molecule has 0 saturated carbocycles. The Labute approximate surface area is 81.9 Å². The van der Waals surface area contributed by atoms with Crippen LogP contribution in [-0.4, -0.2) is 5.97 Å². The largest absolute Gasteiger partial charge is 0.350 e. The SMILES string of the molecule is N#COC(=O)C1CCc2ccccc21. The number of nitrogens with zero attached hydrogens (tertiary/aromatic N) is 1. The summed E-state index contributed by atoms with van der Waals surface area (Å²) in [5.41, 5.74) is 2.19. The van der Waals surface area contributed by atoms with Gasteiger partial charge in [0.2, 0.25) is 0 Å². The Kier molecular flexibility index (Phi) is 2.19. The van der Waals surface area contributed by atoms with Crippen molar-refractivity contribution in [1.29, 1.82) is 5.26 Å². The van der Waals surface area contributed by atoms with E-state index in [2.05, 4.69) is 4.74 Å². The molecule has 0 fully saturated rings. The molecule has 0 bridgehead atoms. The molecule has 14 heavy (non-hydrogen) atoms. The maximum atomic E-state index is 11.4. The van der Waals surface area contributed by atoms with Crippen molar-refractivity contribution in [3.8, 4) is 6.26 Å². The molecule has 70 valence electrons. The molecular weight excluding hydrogens is 178 g/mol. The number of hydrogen-bond acceptors (Lipinski definition) is 3. The number of carbonyl (C=O) groups is 1. The van der Waals surface area contributed by atoms with Crippen LogP contribution in [0.3, 0.4) is 0 Å². The second kappa shape index (κ2) is 3.51. The summed E-state index contributed by atoms with van der Waals surface area (Å²) in [5, 5.41) is 8.25. The second-order valence-corrected chi connectivity index (χ2v) is 3.30. The van der Waals surface area contributed by atoms with Crippen molar-refractivity contribution >= 4 is 5.97 Å². The van der Waals surface area contributed by atoms with Gasteiger partial charge in [-0.2, -0.15) is 0 Å². The normalized spacial score (nSPS) is 18.4. The van der Waals surface area contributed by atoms with Gasteiger partial charge in [0, 0.05) is 0 Å². The molecule has 1 atom stereocenters. The molecule has 1 aromatic carbocycles. The third-order valence-corrected chi connectivity index (χ3v) is 2.56. The zero-order chi connectivity index (χ0) is 9.97. The van der Waals surface area contributed by atoms with Crippen molar-refractivity contribution in [2.45, 2.75) is 18.8 Å². The molecule has 0 aromatic heterocycles. The number of hydrogen-bond donors (Lipinski definition) is 0. The zero-order valence-corrected chi connectivity index (χ0v) is 7.56. The number of aryl methyl sites for hydroxylation is 1. The molecule has 0 N–H and O–H groups in total. The highest BCUT2D eigenvalue weighted by Gasteiger charge is 2.29. The summed E-state index contributed by atoms with van der Waals surface area (Å²) in [6, 6.07) is 7.79. The van der Waals surface area contributed by atoms with Gasteiger partial charge in [0.25, 0.3) is 6.26 Å². The summed E-state index contributed by atoms with van der Waals surface area (Å²) in [6.07, 6.45) is 3.07. The molecule has 1 aliphatic carbocycles. The Morgan fingerprint density at radius 3 is 3.07 bits per heavy atom. The van der Waals surface area contributed by atoms with Gasteiger partial charge in [-0.05, 0) is 24.0 Å². The van der Waals surface area contributed by atoms with Crippen LogP contribution >= 0.6 is 0 Å². The van der Waals surface area contributed by atoms with Gasteiger partial charge in [-0.15, -0.1) is 5.26 Å². The lowest BCUT2D eigenvalue weighted by Crippen LogP contribution is -2.10. The molecule has 3 heteroatoms. The first-order chi connectivity index (χ1) is 6.83. The highest BCUT2D eigenvalue weighted by Crippen LogP contribution is 2.33. The quantitative estimate of drug-likeness (QED) is 0.497. The molecule has 0 saturated heterocycles. The van der Waals surface area contributed by atoms with E-state index in [0.29, 0.717) is 0 Å². The third-order valence-electron chi connectivity index (χ3n) is 2.56.